The van der Waals surface area contributed by atoms with Crippen molar-refractivity contribution in [1.29, 1.82) is 0 Å². The zero-order valence-electron chi connectivity index (χ0n) is 13.8. The van der Waals surface area contributed by atoms with Crippen LogP contribution >= 0.6 is 0 Å². The third-order valence-electron chi connectivity index (χ3n) is 3.49. The molecule has 0 saturated carbocycles. The summed E-state index contributed by atoms with van der Waals surface area (Å²) in [7, 11) is 1.48. The number of rotatable bonds is 6. The SMILES string of the molecule is COc1ncc(Cc2cnc(N)nc2)cc1-c1ccnc(OC(F)F)c1. The van der Waals surface area contributed by atoms with Crippen LogP contribution in [0.1, 0.15) is 11.1 Å². The Hall–Kier alpha value is -3.36. The number of pyridine rings is 2. The Kier molecular flexibility index (Phi) is 5.16. The molecule has 9 heteroatoms. The molecule has 0 saturated heterocycles. The van der Waals surface area contributed by atoms with E-state index in [0.29, 0.717) is 23.4 Å². The van der Waals surface area contributed by atoms with Gasteiger partial charge in [-0.25, -0.2) is 19.9 Å². The van der Waals surface area contributed by atoms with E-state index < -0.39 is 6.61 Å². The Morgan fingerprint density at radius 1 is 1.04 bits per heavy atom. The maximum Gasteiger partial charge on any atom is 0.388 e. The standard InChI is InChI=1S/C17H15F2N5O2/c1-25-15-13(12-2-3-21-14(6-12)26-16(18)19)5-10(7-22-15)4-11-8-23-17(20)24-9-11/h2-3,5-9,16H,4H2,1H3,(H2,20,23,24). The molecule has 134 valence electrons. The average molecular weight is 359 g/mol. The molecular weight excluding hydrogens is 344 g/mol. The lowest BCUT2D eigenvalue weighted by atomic mass is 10.0. The number of alkyl halides is 2. The maximum atomic E-state index is 12.4. The minimum absolute atomic E-state index is 0.183. The Balaban J connectivity index is 1.94. The summed E-state index contributed by atoms with van der Waals surface area (Å²) in [5.41, 5.74) is 8.42. The molecule has 0 aliphatic heterocycles. The predicted octanol–water partition coefficient (Wildman–Crippen LogP) is 2.72. The van der Waals surface area contributed by atoms with Crippen LogP contribution in [0.3, 0.4) is 0 Å². The lowest BCUT2D eigenvalue weighted by Crippen LogP contribution is -2.03. The fourth-order valence-electron chi connectivity index (χ4n) is 2.39. The first kappa shape index (κ1) is 17.5. The van der Waals surface area contributed by atoms with Crippen molar-refractivity contribution in [1.82, 2.24) is 19.9 Å². The largest absolute Gasteiger partial charge is 0.481 e. The first-order chi connectivity index (χ1) is 12.5. The smallest absolute Gasteiger partial charge is 0.388 e. The summed E-state index contributed by atoms with van der Waals surface area (Å²) >= 11 is 0. The van der Waals surface area contributed by atoms with Gasteiger partial charge in [-0.1, -0.05) is 0 Å². The molecule has 0 amide bonds. The summed E-state index contributed by atoms with van der Waals surface area (Å²) in [6, 6.07) is 4.92. The van der Waals surface area contributed by atoms with Crippen LogP contribution in [-0.4, -0.2) is 33.7 Å². The first-order valence-corrected chi connectivity index (χ1v) is 7.55. The Morgan fingerprint density at radius 3 is 2.46 bits per heavy atom. The van der Waals surface area contributed by atoms with Gasteiger partial charge in [-0.15, -0.1) is 0 Å². The fraction of sp³-hybridized carbons (Fsp3) is 0.176. The van der Waals surface area contributed by atoms with Gasteiger partial charge < -0.3 is 15.2 Å². The fourth-order valence-corrected chi connectivity index (χ4v) is 2.39. The molecule has 3 rings (SSSR count). The van der Waals surface area contributed by atoms with Crippen molar-refractivity contribution >= 4 is 5.95 Å². The van der Waals surface area contributed by atoms with E-state index in [9.17, 15) is 8.78 Å². The van der Waals surface area contributed by atoms with Crippen molar-refractivity contribution in [3.8, 4) is 22.9 Å². The molecule has 26 heavy (non-hydrogen) atoms. The topological polar surface area (TPSA) is 96.0 Å². The quantitative estimate of drug-likeness (QED) is 0.723. The number of nitrogen functional groups attached to an aromatic ring is 1. The molecule has 7 nitrogen and oxygen atoms in total. The molecule has 0 aliphatic carbocycles. The van der Waals surface area contributed by atoms with E-state index >= 15 is 0 Å². The van der Waals surface area contributed by atoms with Gasteiger partial charge in [0, 0.05) is 42.8 Å². The second kappa shape index (κ2) is 7.68. The number of hydrogen-bond donors (Lipinski definition) is 1. The van der Waals surface area contributed by atoms with E-state index in [2.05, 4.69) is 24.7 Å². The number of anilines is 1. The predicted molar refractivity (Wildman–Crippen MR) is 89.9 cm³/mol. The van der Waals surface area contributed by atoms with Gasteiger partial charge in [-0.3, -0.25) is 0 Å². The highest BCUT2D eigenvalue weighted by molar-refractivity contribution is 5.69. The first-order valence-electron chi connectivity index (χ1n) is 7.55. The van der Waals surface area contributed by atoms with Crippen LogP contribution in [0.2, 0.25) is 0 Å². The van der Waals surface area contributed by atoms with Gasteiger partial charge in [0.2, 0.25) is 17.7 Å². The van der Waals surface area contributed by atoms with Crippen LogP contribution in [0.25, 0.3) is 11.1 Å². The van der Waals surface area contributed by atoms with Gasteiger partial charge in [0.05, 0.1) is 7.11 Å². The molecule has 0 aliphatic rings. The Morgan fingerprint density at radius 2 is 1.77 bits per heavy atom. The van der Waals surface area contributed by atoms with E-state index in [1.807, 2.05) is 6.07 Å². The van der Waals surface area contributed by atoms with E-state index in [-0.39, 0.29) is 11.8 Å². The molecule has 0 aromatic carbocycles. The Bertz CT molecular complexity index is 891. The summed E-state index contributed by atoms with van der Waals surface area (Å²) in [5.74, 6) is 0.374. The monoisotopic (exact) mass is 359 g/mol. The summed E-state index contributed by atoms with van der Waals surface area (Å²) in [6.45, 7) is -2.95. The van der Waals surface area contributed by atoms with E-state index in [1.165, 1.54) is 19.4 Å². The van der Waals surface area contributed by atoms with Crippen molar-refractivity contribution in [2.75, 3.05) is 12.8 Å². The molecule has 0 fully saturated rings. The highest BCUT2D eigenvalue weighted by Gasteiger charge is 2.12. The van der Waals surface area contributed by atoms with Crippen molar-refractivity contribution < 1.29 is 18.3 Å². The normalized spacial score (nSPS) is 10.8. The Labute approximate surface area is 147 Å². The molecule has 0 bridgehead atoms. The van der Waals surface area contributed by atoms with Gasteiger partial charge in [0.25, 0.3) is 0 Å². The minimum Gasteiger partial charge on any atom is -0.481 e. The van der Waals surface area contributed by atoms with Crippen LogP contribution in [0.5, 0.6) is 11.8 Å². The zero-order valence-corrected chi connectivity index (χ0v) is 13.8. The van der Waals surface area contributed by atoms with Crippen LogP contribution in [0.15, 0.2) is 43.0 Å². The molecule has 0 unspecified atom stereocenters. The molecule has 3 aromatic heterocycles. The highest BCUT2D eigenvalue weighted by atomic mass is 19.3. The summed E-state index contributed by atoms with van der Waals surface area (Å²) in [5, 5.41) is 0. The second-order valence-electron chi connectivity index (χ2n) is 5.29. The summed E-state index contributed by atoms with van der Waals surface area (Å²) < 4.78 is 34.5. The molecule has 0 radical (unpaired) electrons. The van der Waals surface area contributed by atoms with E-state index in [0.717, 1.165) is 11.1 Å². The van der Waals surface area contributed by atoms with Crippen LogP contribution in [0, 0.1) is 0 Å². The highest BCUT2D eigenvalue weighted by Crippen LogP contribution is 2.31. The van der Waals surface area contributed by atoms with Crippen molar-refractivity contribution in [2.45, 2.75) is 13.0 Å². The summed E-state index contributed by atoms with van der Waals surface area (Å²) in [6.07, 6.45) is 6.83. The minimum atomic E-state index is -2.95. The van der Waals surface area contributed by atoms with Gasteiger partial charge in [-0.2, -0.15) is 8.78 Å². The molecule has 0 atom stereocenters. The third-order valence-corrected chi connectivity index (χ3v) is 3.49. The lowest BCUT2D eigenvalue weighted by molar-refractivity contribution is -0.0528. The summed E-state index contributed by atoms with van der Waals surface area (Å²) in [4.78, 5) is 16.0. The maximum absolute atomic E-state index is 12.4. The van der Waals surface area contributed by atoms with E-state index in [4.69, 9.17) is 10.5 Å². The third kappa shape index (κ3) is 4.18. The van der Waals surface area contributed by atoms with Crippen molar-refractivity contribution in [3.05, 3.63) is 54.1 Å². The number of aromatic nitrogens is 4. The molecular formula is C17H15F2N5O2. The van der Waals surface area contributed by atoms with Crippen LogP contribution in [-0.2, 0) is 6.42 Å². The number of halogens is 2. The second-order valence-corrected chi connectivity index (χ2v) is 5.29. The number of hydrogen-bond acceptors (Lipinski definition) is 7. The number of ether oxygens (including phenoxy) is 2. The number of nitrogens with two attached hydrogens (primary N) is 1. The van der Waals surface area contributed by atoms with Gasteiger partial charge in [0.1, 0.15) is 0 Å². The molecule has 0 spiro atoms. The van der Waals surface area contributed by atoms with Crippen LogP contribution in [0.4, 0.5) is 14.7 Å². The van der Waals surface area contributed by atoms with Gasteiger partial charge in [-0.05, 0) is 28.8 Å². The molecule has 3 aromatic rings. The molecule has 3 heterocycles. The number of nitrogens with zero attached hydrogens (tertiary/aromatic N) is 4. The zero-order chi connectivity index (χ0) is 18.5. The van der Waals surface area contributed by atoms with E-state index in [1.54, 1.807) is 24.7 Å². The molecule has 2 N–H and O–H groups in total. The van der Waals surface area contributed by atoms with Gasteiger partial charge >= 0.3 is 6.61 Å². The van der Waals surface area contributed by atoms with Crippen molar-refractivity contribution in [3.63, 3.8) is 0 Å². The average Bonchev–Trinajstić information content (AvgIpc) is 2.63. The van der Waals surface area contributed by atoms with Crippen LogP contribution < -0.4 is 15.2 Å². The van der Waals surface area contributed by atoms with Crippen molar-refractivity contribution in [2.24, 2.45) is 0 Å². The lowest BCUT2D eigenvalue weighted by Gasteiger charge is -2.11. The number of methoxy groups -OCH3 is 1. The van der Waals surface area contributed by atoms with Gasteiger partial charge in [0.15, 0.2) is 0 Å².